The van der Waals surface area contributed by atoms with Crippen LogP contribution in [-0.4, -0.2) is 73.2 Å². The molecule has 3 rings (SSSR count). The Kier molecular flexibility index (Phi) is 5.96. The highest BCUT2D eigenvalue weighted by molar-refractivity contribution is 5.94. The Morgan fingerprint density at radius 2 is 1.88 bits per heavy atom. The van der Waals surface area contributed by atoms with E-state index in [1.165, 1.54) is 25.9 Å². The van der Waals surface area contributed by atoms with Crippen molar-refractivity contribution < 1.29 is 14.3 Å². The van der Waals surface area contributed by atoms with Gasteiger partial charge in [-0.3, -0.25) is 4.90 Å². The minimum absolute atomic E-state index is 0.248. The third kappa shape index (κ3) is 4.33. The molecule has 0 saturated carbocycles. The average Bonchev–Trinajstić information content (AvgIpc) is 3.09. The van der Waals surface area contributed by atoms with Gasteiger partial charge in [0, 0.05) is 31.4 Å². The van der Waals surface area contributed by atoms with Gasteiger partial charge in [0.05, 0.1) is 18.2 Å². The van der Waals surface area contributed by atoms with Gasteiger partial charge in [-0.2, -0.15) is 0 Å². The first-order chi connectivity index (χ1) is 12.1. The largest absolute Gasteiger partial charge is 0.463 e. The molecular formula is C18H30N4O3. The molecule has 3 heterocycles. The van der Waals surface area contributed by atoms with Crippen molar-refractivity contribution in [2.75, 3.05) is 39.3 Å². The molecule has 0 aliphatic carbocycles. The lowest BCUT2D eigenvalue weighted by Gasteiger charge is -2.38. The van der Waals surface area contributed by atoms with Crippen molar-refractivity contribution in [3.8, 4) is 0 Å². The van der Waals surface area contributed by atoms with Crippen molar-refractivity contribution in [2.24, 2.45) is 0 Å². The molecule has 1 atom stereocenters. The van der Waals surface area contributed by atoms with Crippen LogP contribution in [0.5, 0.6) is 0 Å². The Labute approximate surface area is 149 Å². The van der Waals surface area contributed by atoms with E-state index in [9.17, 15) is 9.59 Å². The standard InChI is InChI=1S/C18H30N4O3/c1-3-25-17(23)16-13(2)19-18(24)20-15(16)12-21-10-6-14(7-11-21)22-8-4-5-9-22/h13-14H,3-12H2,1-2H3,(H2,19,20,24). The summed E-state index contributed by atoms with van der Waals surface area (Å²) in [6, 6.07) is 0.117. The number of ether oxygens (including phenoxy) is 1. The summed E-state index contributed by atoms with van der Waals surface area (Å²) in [7, 11) is 0. The molecule has 3 aliphatic heterocycles. The molecule has 1 unspecified atom stereocenters. The van der Waals surface area contributed by atoms with Gasteiger partial charge in [-0.1, -0.05) is 0 Å². The number of piperidine rings is 1. The van der Waals surface area contributed by atoms with Crippen LogP contribution in [0.2, 0.25) is 0 Å². The average molecular weight is 350 g/mol. The highest BCUT2D eigenvalue weighted by atomic mass is 16.5. The molecule has 140 valence electrons. The fourth-order valence-electron chi connectivity index (χ4n) is 4.18. The molecule has 3 aliphatic rings. The van der Waals surface area contributed by atoms with Crippen LogP contribution in [0.1, 0.15) is 39.5 Å². The van der Waals surface area contributed by atoms with Crippen molar-refractivity contribution >= 4 is 12.0 Å². The lowest BCUT2D eigenvalue weighted by Crippen LogP contribution is -2.52. The van der Waals surface area contributed by atoms with Gasteiger partial charge < -0.3 is 20.3 Å². The van der Waals surface area contributed by atoms with Gasteiger partial charge in [0.25, 0.3) is 0 Å². The molecular weight excluding hydrogens is 320 g/mol. The van der Waals surface area contributed by atoms with E-state index < -0.39 is 0 Å². The summed E-state index contributed by atoms with van der Waals surface area (Å²) in [6.45, 7) is 9.02. The van der Waals surface area contributed by atoms with Crippen LogP contribution in [0.25, 0.3) is 0 Å². The van der Waals surface area contributed by atoms with Gasteiger partial charge in [-0.05, 0) is 52.6 Å². The zero-order chi connectivity index (χ0) is 17.8. The highest BCUT2D eigenvalue weighted by Crippen LogP contribution is 2.22. The minimum Gasteiger partial charge on any atom is -0.463 e. The summed E-state index contributed by atoms with van der Waals surface area (Å²) in [6.07, 6.45) is 4.97. The molecule has 0 bridgehead atoms. The maximum Gasteiger partial charge on any atom is 0.337 e. The maximum absolute atomic E-state index is 12.3. The van der Waals surface area contributed by atoms with Gasteiger partial charge >= 0.3 is 12.0 Å². The molecule has 7 heteroatoms. The fraction of sp³-hybridized carbons (Fsp3) is 0.778. The number of carbonyl (C=O) groups excluding carboxylic acids is 2. The Bertz CT molecular complexity index is 534. The highest BCUT2D eigenvalue weighted by Gasteiger charge is 2.32. The van der Waals surface area contributed by atoms with Crippen LogP contribution in [0.3, 0.4) is 0 Å². The molecule has 0 radical (unpaired) electrons. The van der Waals surface area contributed by atoms with Gasteiger partial charge in [0.15, 0.2) is 0 Å². The molecule has 2 N–H and O–H groups in total. The number of hydrogen-bond donors (Lipinski definition) is 2. The van der Waals surface area contributed by atoms with Gasteiger partial charge in [0.1, 0.15) is 0 Å². The maximum atomic E-state index is 12.3. The molecule has 0 aromatic rings. The molecule has 0 spiro atoms. The van der Waals surface area contributed by atoms with E-state index in [1.807, 2.05) is 6.92 Å². The molecule has 0 aromatic heterocycles. The molecule has 0 aromatic carbocycles. The van der Waals surface area contributed by atoms with E-state index in [-0.39, 0.29) is 18.0 Å². The number of nitrogens with zero attached hydrogens (tertiary/aromatic N) is 2. The van der Waals surface area contributed by atoms with Crippen LogP contribution in [0, 0.1) is 0 Å². The summed E-state index contributed by atoms with van der Waals surface area (Å²) in [5, 5.41) is 5.57. The van der Waals surface area contributed by atoms with Gasteiger partial charge in [-0.15, -0.1) is 0 Å². The van der Waals surface area contributed by atoms with Crippen molar-refractivity contribution in [3.63, 3.8) is 0 Å². The van der Waals surface area contributed by atoms with Crippen LogP contribution in [0.15, 0.2) is 11.3 Å². The van der Waals surface area contributed by atoms with E-state index in [4.69, 9.17) is 4.74 Å². The fourth-order valence-corrected chi connectivity index (χ4v) is 4.18. The number of urea groups is 1. The second-order valence-electron chi connectivity index (χ2n) is 7.18. The number of likely N-dealkylation sites (tertiary alicyclic amines) is 2. The molecule has 25 heavy (non-hydrogen) atoms. The van der Waals surface area contributed by atoms with Gasteiger partial charge in [-0.25, -0.2) is 9.59 Å². The van der Waals surface area contributed by atoms with Crippen molar-refractivity contribution in [3.05, 3.63) is 11.3 Å². The third-order valence-electron chi connectivity index (χ3n) is 5.46. The van der Waals surface area contributed by atoms with Crippen molar-refractivity contribution in [1.29, 1.82) is 0 Å². The van der Waals surface area contributed by atoms with Gasteiger partial charge in [0.2, 0.25) is 0 Å². The monoisotopic (exact) mass is 350 g/mol. The molecule has 2 saturated heterocycles. The first-order valence-corrected chi connectivity index (χ1v) is 9.52. The minimum atomic E-state index is -0.343. The topological polar surface area (TPSA) is 73.9 Å². The number of carbonyl (C=O) groups is 2. The van der Waals surface area contributed by atoms with E-state index in [0.717, 1.165) is 25.9 Å². The van der Waals surface area contributed by atoms with Crippen molar-refractivity contribution in [2.45, 2.75) is 51.6 Å². The lowest BCUT2D eigenvalue weighted by atomic mass is 10.0. The SMILES string of the molecule is CCOC(=O)C1=C(CN2CCC(N3CCCC3)CC2)NC(=O)NC1C. The molecule has 2 fully saturated rings. The van der Waals surface area contributed by atoms with E-state index in [1.54, 1.807) is 6.92 Å². The van der Waals surface area contributed by atoms with Crippen LogP contribution < -0.4 is 10.6 Å². The summed E-state index contributed by atoms with van der Waals surface area (Å²) in [4.78, 5) is 29.1. The summed E-state index contributed by atoms with van der Waals surface area (Å²) >= 11 is 0. The smallest absolute Gasteiger partial charge is 0.337 e. The van der Waals surface area contributed by atoms with E-state index in [2.05, 4.69) is 20.4 Å². The summed E-state index contributed by atoms with van der Waals surface area (Å²) in [5.74, 6) is -0.343. The predicted octanol–water partition coefficient (Wildman–Crippen LogP) is 1.07. The lowest BCUT2D eigenvalue weighted by molar-refractivity contribution is -0.139. The Morgan fingerprint density at radius 3 is 2.52 bits per heavy atom. The van der Waals surface area contributed by atoms with E-state index in [0.29, 0.717) is 30.5 Å². The Hall–Kier alpha value is -1.60. The number of esters is 1. The first kappa shape index (κ1) is 18.2. The summed E-state index contributed by atoms with van der Waals surface area (Å²) < 4.78 is 5.18. The number of rotatable bonds is 5. The first-order valence-electron chi connectivity index (χ1n) is 9.52. The predicted molar refractivity (Wildman–Crippen MR) is 95.1 cm³/mol. The molecule has 7 nitrogen and oxygen atoms in total. The number of nitrogens with one attached hydrogen (secondary N) is 2. The second-order valence-corrected chi connectivity index (χ2v) is 7.18. The summed E-state index contributed by atoms with van der Waals surface area (Å²) in [5.41, 5.74) is 1.23. The van der Waals surface area contributed by atoms with Crippen LogP contribution >= 0.6 is 0 Å². The molecule has 2 amide bonds. The zero-order valence-corrected chi connectivity index (χ0v) is 15.3. The van der Waals surface area contributed by atoms with Crippen LogP contribution in [0.4, 0.5) is 4.79 Å². The third-order valence-corrected chi connectivity index (χ3v) is 5.46. The normalized spacial score (nSPS) is 26.5. The Balaban J connectivity index is 1.63. The number of hydrogen-bond acceptors (Lipinski definition) is 5. The number of amides is 2. The quantitative estimate of drug-likeness (QED) is 0.726. The Morgan fingerprint density at radius 1 is 1.20 bits per heavy atom. The zero-order valence-electron chi connectivity index (χ0n) is 15.3. The second kappa shape index (κ2) is 8.19. The van der Waals surface area contributed by atoms with Crippen molar-refractivity contribution in [1.82, 2.24) is 20.4 Å². The van der Waals surface area contributed by atoms with Crippen LogP contribution in [-0.2, 0) is 9.53 Å². The van der Waals surface area contributed by atoms with E-state index >= 15 is 0 Å².